The van der Waals surface area contributed by atoms with Crippen LogP contribution in [0.3, 0.4) is 0 Å². The predicted octanol–water partition coefficient (Wildman–Crippen LogP) is 3.74. The summed E-state index contributed by atoms with van der Waals surface area (Å²) in [5.74, 6) is -3.72. The highest BCUT2D eigenvalue weighted by molar-refractivity contribution is 5.95. The minimum atomic E-state index is -1.47. The molecule has 0 spiro atoms. The summed E-state index contributed by atoms with van der Waals surface area (Å²) in [5, 5.41) is 9.60. The number of ether oxygens (including phenoxy) is 1. The van der Waals surface area contributed by atoms with Gasteiger partial charge in [0.25, 0.3) is 0 Å². The van der Waals surface area contributed by atoms with E-state index in [-0.39, 0.29) is 12.5 Å². The van der Waals surface area contributed by atoms with Crippen molar-refractivity contribution in [2.45, 2.75) is 12.0 Å². The van der Waals surface area contributed by atoms with Gasteiger partial charge in [0.2, 0.25) is 0 Å². The highest BCUT2D eigenvalue weighted by Crippen LogP contribution is 2.44. The van der Waals surface area contributed by atoms with Crippen LogP contribution in [0.4, 0.5) is 0 Å². The standard InChI is InChI=1S/C24H21NO4/c25-22(15-8-2-1-3-9-15)21(23(26)27)24(28)29-14-20-18-12-6-4-10-16(18)17-11-5-7-13-19(17)20/h1-13,20-22H,14,25H2,(H,26,27)/t21-,22?/m1/s1. The first-order valence-electron chi connectivity index (χ1n) is 9.46. The molecule has 0 heterocycles. The Morgan fingerprint density at radius 1 is 0.862 bits per heavy atom. The molecule has 2 atom stereocenters. The van der Waals surface area contributed by atoms with E-state index >= 15 is 0 Å². The van der Waals surface area contributed by atoms with Crippen molar-refractivity contribution in [2.75, 3.05) is 6.61 Å². The van der Waals surface area contributed by atoms with Crippen LogP contribution >= 0.6 is 0 Å². The van der Waals surface area contributed by atoms with E-state index < -0.39 is 23.9 Å². The van der Waals surface area contributed by atoms with Crippen molar-refractivity contribution in [3.05, 3.63) is 95.6 Å². The summed E-state index contributed by atoms with van der Waals surface area (Å²) in [7, 11) is 0. The number of aliphatic carboxylic acids is 1. The Labute approximate surface area is 168 Å². The lowest BCUT2D eigenvalue weighted by atomic mass is 9.93. The molecular formula is C24H21NO4. The van der Waals surface area contributed by atoms with Crippen LogP contribution in [-0.4, -0.2) is 23.7 Å². The van der Waals surface area contributed by atoms with Crippen molar-refractivity contribution in [2.24, 2.45) is 11.7 Å². The number of rotatable bonds is 6. The van der Waals surface area contributed by atoms with Crippen LogP contribution < -0.4 is 5.73 Å². The van der Waals surface area contributed by atoms with Gasteiger partial charge in [-0.3, -0.25) is 9.59 Å². The summed E-state index contributed by atoms with van der Waals surface area (Å²) < 4.78 is 5.51. The number of carboxylic acid groups (broad SMARTS) is 1. The van der Waals surface area contributed by atoms with E-state index in [1.54, 1.807) is 30.3 Å². The molecule has 0 saturated carbocycles. The van der Waals surface area contributed by atoms with Crippen LogP contribution in [-0.2, 0) is 14.3 Å². The Bertz CT molecular complexity index is 1000. The fourth-order valence-corrected chi connectivity index (χ4v) is 3.96. The van der Waals surface area contributed by atoms with Gasteiger partial charge < -0.3 is 15.6 Å². The molecule has 0 aliphatic heterocycles. The van der Waals surface area contributed by atoms with Gasteiger partial charge in [-0.2, -0.15) is 0 Å². The van der Waals surface area contributed by atoms with Crippen LogP contribution in [0.15, 0.2) is 78.9 Å². The second-order valence-corrected chi connectivity index (χ2v) is 7.11. The third-order valence-electron chi connectivity index (χ3n) is 5.42. The van der Waals surface area contributed by atoms with E-state index in [0.29, 0.717) is 5.56 Å². The second kappa shape index (κ2) is 7.89. The fraction of sp³-hybridized carbons (Fsp3) is 0.167. The summed E-state index contributed by atoms with van der Waals surface area (Å²) in [4.78, 5) is 24.5. The largest absolute Gasteiger partial charge is 0.481 e. The van der Waals surface area contributed by atoms with E-state index in [1.807, 2.05) is 48.5 Å². The van der Waals surface area contributed by atoms with Gasteiger partial charge >= 0.3 is 11.9 Å². The molecular weight excluding hydrogens is 366 g/mol. The zero-order chi connectivity index (χ0) is 20.4. The molecule has 0 amide bonds. The third-order valence-corrected chi connectivity index (χ3v) is 5.42. The van der Waals surface area contributed by atoms with Gasteiger partial charge in [0, 0.05) is 5.92 Å². The molecule has 0 radical (unpaired) electrons. The maximum Gasteiger partial charge on any atom is 0.322 e. The van der Waals surface area contributed by atoms with E-state index in [4.69, 9.17) is 10.5 Å². The van der Waals surface area contributed by atoms with Crippen LogP contribution in [0, 0.1) is 5.92 Å². The number of hydrogen-bond acceptors (Lipinski definition) is 4. The monoisotopic (exact) mass is 387 g/mol. The fourth-order valence-electron chi connectivity index (χ4n) is 3.96. The number of carbonyl (C=O) groups excluding carboxylic acids is 1. The van der Waals surface area contributed by atoms with Crippen molar-refractivity contribution in [3.63, 3.8) is 0 Å². The number of fused-ring (bicyclic) bond motifs is 3. The van der Waals surface area contributed by atoms with Gasteiger partial charge in [-0.05, 0) is 27.8 Å². The van der Waals surface area contributed by atoms with Gasteiger partial charge in [-0.1, -0.05) is 78.9 Å². The summed E-state index contributed by atoms with van der Waals surface area (Å²) in [6.45, 7) is 0.0676. The Balaban J connectivity index is 1.55. The van der Waals surface area contributed by atoms with Crippen molar-refractivity contribution in [3.8, 4) is 11.1 Å². The Kier molecular flexibility index (Phi) is 5.14. The van der Waals surface area contributed by atoms with Crippen LogP contribution in [0.5, 0.6) is 0 Å². The molecule has 29 heavy (non-hydrogen) atoms. The molecule has 1 unspecified atom stereocenters. The first-order valence-corrected chi connectivity index (χ1v) is 9.46. The van der Waals surface area contributed by atoms with Gasteiger partial charge in [-0.15, -0.1) is 0 Å². The summed E-state index contributed by atoms with van der Waals surface area (Å²) in [5.41, 5.74) is 11.0. The Hall–Kier alpha value is -3.44. The molecule has 5 nitrogen and oxygen atoms in total. The highest BCUT2D eigenvalue weighted by atomic mass is 16.5. The van der Waals surface area contributed by atoms with Crippen LogP contribution in [0.2, 0.25) is 0 Å². The average molecular weight is 387 g/mol. The van der Waals surface area contributed by atoms with Crippen molar-refractivity contribution < 1.29 is 19.4 Å². The van der Waals surface area contributed by atoms with Gasteiger partial charge in [-0.25, -0.2) is 0 Å². The lowest BCUT2D eigenvalue weighted by Crippen LogP contribution is -2.36. The average Bonchev–Trinajstić information content (AvgIpc) is 3.06. The van der Waals surface area contributed by atoms with Crippen LogP contribution in [0.1, 0.15) is 28.7 Å². The quantitative estimate of drug-likeness (QED) is 0.497. The first kappa shape index (κ1) is 18.9. The number of carbonyl (C=O) groups is 2. The molecule has 0 fully saturated rings. The lowest BCUT2D eigenvalue weighted by molar-refractivity contribution is -0.160. The molecule has 5 heteroatoms. The molecule has 0 bridgehead atoms. The smallest absolute Gasteiger partial charge is 0.322 e. The summed E-state index contributed by atoms with van der Waals surface area (Å²) in [6.07, 6.45) is 0. The summed E-state index contributed by atoms with van der Waals surface area (Å²) in [6, 6.07) is 23.7. The molecule has 4 rings (SSSR count). The number of benzene rings is 3. The minimum absolute atomic E-state index is 0.0676. The minimum Gasteiger partial charge on any atom is -0.481 e. The SMILES string of the molecule is NC(c1ccccc1)[C@H](C(=O)O)C(=O)OCC1c2ccccc2-c2ccccc21. The maximum atomic E-state index is 12.7. The van der Waals surface area contributed by atoms with E-state index in [2.05, 4.69) is 0 Å². The number of esters is 1. The molecule has 1 aliphatic rings. The van der Waals surface area contributed by atoms with Crippen molar-refractivity contribution in [1.29, 1.82) is 0 Å². The zero-order valence-electron chi connectivity index (χ0n) is 15.7. The molecule has 0 saturated heterocycles. The van der Waals surface area contributed by atoms with Gasteiger partial charge in [0.05, 0.1) is 6.04 Å². The van der Waals surface area contributed by atoms with E-state index in [1.165, 1.54) is 0 Å². The van der Waals surface area contributed by atoms with Crippen LogP contribution in [0.25, 0.3) is 11.1 Å². The number of hydrogen-bond donors (Lipinski definition) is 2. The second-order valence-electron chi connectivity index (χ2n) is 7.11. The van der Waals surface area contributed by atoms with E-state index in [0.717, 1.165) is 22.3 Å². The summed E-state index contributed by atoms with van der Waals surface area (Å²) >= 11 is 0. The third kappa shape index (κ3) is 3.52. The highest BCUT2D eigenvalue weighted by Gasteiger charge is 2.36. The van der Waals surface area contributed by atoms with E-state index in [9.17, 15) is 14.7 Å². The number of nitrogens with two attached hydrogens (primary N) is 1. The normalized spacial score (nSPS) is 14.5. The molecule has 0 aromatic heterocycles. The van der Waals surface area contributed by atoms with Crippen molar-refractivity contribution >= 4 is 11.9 Å². The molecule has 1 aliphatic carbocycles. The predicted molar refractivity (Wildman–Crippen MR) is 109 cm³/mol. The molecule has 3 N–H and O–H groups in total. The van der Waals surface area contributed by atoms with Gasteiger partial charge in [0.15, 0.2) is 5.92 Å². The number of carboxylic acids is 1. The Morgan fingerprint density at radius 2 is 1.38 bits per heavy atom. The lowest BCUT2D eigenvalue weighted by Gasteiger charge is -2.21. The maximum absolute atomic E-state index is 12.7. The van der Waals surface area contributed by atoms with Crippen molar-refractivity contribution in [1.82, 2.24) is 0 Å². The zero-order valence-corrected chi connectivity index (χ0v) is 15.7. The molecule has 3 aromatic rings. The molecule has 146 valence electrons. The first-order chi connectivity index (χ1) is 14.1. The van der Waals surface area contributed by atoms with Gasteiger partial charge in [0.1, 0.15) is 6.61 Å². The topological polar surface area (TPSA) is 89.6 Å². The Morgan fingerprint density at radius 3 is 1.93 bits per heavy atom. The molecule has 3 aromatic carbocycles.